The zero-order chi connectivity index (χ0) is 21.7. The van der Waals surface area contributed by atoms with Crippen LogP contribution >= 0.6 is 0 Å². The summed E-state index contributed by atoms with van der Waals surface area (Å²) in [6.45, 7) is 2.06. The average molecular weight is 414 g/mol. The van der Waals surface area contributed by atoms with Crippen molar-refractivity contribution in [3.63, 3.8) is 0 Å². The number of aliphatic hydroxyl groups excluding tert-OH is 1. The second kappa shape index (κ2) is 9.63. The quantitative estimate of drug-likeness (QED) is 0.240. The molecule has 7 heteroatoms. The topological polar surface area (TPSA) is 113 Å². The van der Waals surface area contributed by atoms with Gasteiger partial charge < -0.3 is 24.8 Å². The minimum atomic E-state index is -0.777. The van der Waals surface area contributed by atoms with Gasteiger partial charge in [0.1, 0.15) is 22.8 Å². The maximum absolute atomic E-state index is 12.9. The van der Waals surface area contributed by atoms with Gasteiger partial charge >= 0.3 is 5.97 Å². The molecule has 0 unspecified atom stereocenters. The first-order valence-electron chi connectivity index (χ1n) is 10.2. The number of phenols is 2. The largest absolute Gasteiger partial charge is 0.508 e. The highest BCUT2D eigenvalue weighted by atomic mass is 16.6. The first-order valence-corrected chi connectivity index (χ1v) is 10.2. The van der Waals surface area contributed by atoms with Crippen LogP contribution in [0.25, 0.3) is 0 Å². The Bertz CT molecular complexity index is 949. The highest BCUT2D eigenvalue weighted by Crippen LogP contribution is 2.44. The normalized spacial score (nSPS) is 12.4. The number of aliphatic hydroxyl groups is 1. The third-order valence-electron chi connectivity index (χ3n) is 4.98. The van der Waals surface area contributed by atoms with E-state index in [4.69, 9.17) is 14.6 Å². The zero-order valence-corrected chi connectivity index (χ0v) is 16.9. The SMILES string of the molecule is CCCCC(=O)c1cc(O)cc2c1C(=O)Oc1cc(O)cc(CCCCCO)c1O2. The fourth-order valence-corrected chi connectivity index (χ4v) is 3.47. The predicted octanol–water partition coefficient (Wildman–Crippen LogP) is 4.50. The van der Waals surface area contributed by atoms with Gasteiger partial charge in [0.15, 0.2) is 17.3 Å². The summed E-state index contributed by atoms with van der Waals surface area (Å²) in [4.78, 5) is 25.5. The fraction of sp³-hybridized carbons (Fsp3) is 0.391. The maximum atomic E-state index is 12.9. The lowest BCUT2D eigenvalue weighted by Crippen LogP contribution is -2.14. The molecule has 3 rings (SSSR count). The number of aryl methyl sites for hydroxylation is 1. The minimum Gasteiger partial charge on any atom is -0.508 e. The van der Waals surface area contributed by atoms with E-state index in [0.29, 0.717) is 24.8 Å². The number of ether oxygens (including phenoxy) is 2. The standard InChI is InChI=1S/C23H26O7/c1-2-3-8-18(27)17-11-16(26)12-19-21(17)23(28)30-20-13-15(25)10-14(22(20)29-19)7-5-4-6-9-24/h10-13,24-26H,2-9H2,1H3. The molecule has 0 aliphatic carbocycles. The number of unbranched alkanes of at least 4 members (excludes halogenated alkanes) is 3. The number of rotatable bonds is 9. The molecule has 0 aromatic heterocycles. The summed E-state index contributed by atoms with van der Waals surface area (Å²) in [5.74, 6) is -0.950. The van der Waals surface area contributed by atoms with Crippen molar-refractivity contribution in [3.05, 3.63) is 41.0 Å². The van der Waals surface area contributed by atoms with Crippen LogP contribution in [-0.4, -0.2) is 33.7 Å². The molecule has 0 atom stereocenters. The predicted molar refractivity (Wildman–Crippen MR) is 110 cm³/mol. The maximum Gasteiger partial charge on any atom is 0.348 e. The molecule has 3 N–H and O–H groups in total. The van der Waals surface area contributed by atoms with Gasteiger partial charge in [-0.15, -0.1) is 0 Å². The zero-order valence-electron chi connectivity index (χ0n) is 16.9. The highest BCUT2D eigenvalue weighted by Gasteiger charge is 2.30. The number of aromatic hydroxyl groups is 2. The van der Waals surface area contributed by atoms with Gasteiger partial charge in [-0.05, 0) is 37.8 Å². The summed E-state index contributed by atoms with van der Waals surface area (Å²) in [5, 5.41) is 29.2. The molecule has 1 aliphatic rings. The van der Waals surface area contributed by atoms with Gasteiger partial charge in [0.05, 0.1) is 0 Å². The number of ketones is 1. The van der Waals surface area contributed by atoms with Crippen LogP contribution in [-0.2, 0) is 6.42 Å². The van der Waals surface area contributed by atoms with Gasteiger partial charge in [0, 0.05) is 36.3 Å². The summed E-state index contributed by atoms with van der Waals surface area (Å²) in [6, 6.07) is 5.36. The Morgan fingerprint density at radius 2 is 1.67 bits per heavy atom. The van der Waals surface area contributed by atoms with Crippen LogP contribution in [0.3, 0.4) is 0 Å². The minimum absolute atomic E-state index is 0.0316. The summed E-state index contributed by atoms with van der Waals surface area (Å²) in [7, 11) is 0. The van der Waals surface area contributed by atoms with E-state index in [9.17, 15) is 19.8 Å². The molecule has 0 radical (unpaired) electrons. The molecule has 0 fully saturated rings. The lowest BCUT2D eigenvalue weighted by Gasteiger charge is -2.14. The number of hydrogen-bond donors (Lipinski definition) is 3. The van der Waals surface area contributed by atoms with E-state index in [0.717, 1.165) is 19.3 Å². The van der Waals surface area contributed by atoms with E-state index >= 15 is 0 Å². The van der Waals surface area contributed by atoms with Crippen molar-refractivity contribution in [2.24, 2.45) is 0 Å². The van der Waals surface area contributed by atoms with Gasteiger partial charge in [-0.25, -0.2) is 4.79 Å². The van der Waals surface area contributed by atoms with Gasteiger partial charge in [0.2, 0.25) is 0 Å². The van der Waals surface area contributed by atoms with E-state index in [1.54, 1.807) is 0 Å². The Hall–Kier alpha value is -3.06. The van der Waals surface area contributed by atoms with Crippen molar-refractivity contribution in [1.29, 1.82) is 0 Å². The van der Waals surface area contributed by atoms with Crippen molar-refractivity contribution in [2.75, 3.05) is 6.61 Å². The molecule has 0 spiro atoms. The van der Waals surface area contributed by atoms with Crippen LogP contribution in [0.15, 0.2) is 24.3 Å². The van der Waals surface area contributed by atoms with Crippen LogP contribution in [0.2, 0.25) is 0 Å². The Morgan fingerprint density at radius 1 is 0.933 bits per heavy atom. The number of esters is 1. The second-order valence-electron chi connectivity index (χ2n) is 7.35. The van der Waals surface area contributed by atoms with Crippen LogP contribution in [0.4, 0.5) is 0 Å². The Kier molecular flexibility index (Phi) is 6.95. The van der Waals surface area contributed by atoms with E-state index in [2.05, 4.69) is 0 Å². The summed E-state index contributed by atoms with van der Waals surface area (Å²) < 4.78 is 11.4. The number of phenolic OH excluding ortho intramolecular Hbond substituents is 2. The number of benzene rings is 2. The first kappa shape index (κ1) is 21.6. The molecule has 0 saturated heterocycles. The molecule has 0 saturated carbocycles. The molecule has 7 nitrogen and oxygen atoms in total. The van der Waals surface area contributed by atoms with Crippen molar-refractivity contribution >= 4 is 11.8 Å². The van der Waals surface area contributed by atoms with Crippen molar-refractivity contribution in [1.82, 2.24) is 0 Å². The number of carbonyl (C=O) groups excluding carboxylic acids is 2. The average Bonchev–Trinajstić information content (AvgIpc) is 2.84. The van der Waals surface area contributed by atoms with Crippen LogP contribution in [0.5, 0.6) is 28.7 Å². The monoisotopic (exact) mass is 414 g/mol. The third kappa shape index (κ3) is 4.74. The van der Waals surface area contributed by atoms with Crippen molar-refractivity contribution in [3.8, 4) is 28.7 Å². The van der Waals surface area contributed by atoms with Crippen LogP contribution < -0.4 is 9.47 Å². The van der Waals surface area contributed by atoms with Crippen molar-refractivity contribution in [2.45, 2.75) is 51.9 Å². The fourth-order valence-electron chi connectivity index (χ4n) is 3.47. The molecule has 1 aliphatic heterocycles. The number of hydrogen-bond acceptors (Lipinski definition) is 7. The molecular weight excluding hydrogens is 388 g/mol. The van der Waals surface area contributed by atoms with Gasteiger partial charge in [0.25, 0.3) is 0 Å². The molecule has 2 aromatic rings. The Morgan fingerprint density at radius 3 is 2.40 bits per heavy atom. The molecule has 0 amide bonds. The van der Waals surface area contributed by atoms with E-state index < -0.39 is 5.97 Å². The first-order chi connectivity index (χ1) is 14.4. The molecule has 2 aromatic carbocycles. The van der Waals surface area contributed by atoms with Gasteiger partial charge in [-0.3, -0.25) is 4.79 Å². The summed E-state index contributed by atoms with van der Waals surface area (Å²) in [5.41, 5.74) is 0.659. The van der Waals surface area contributed by atoms with E-state index in [-0.39, 0.29) is 58.7 Å². The molecule has 160 valence electrons. The third-order valence-corrected chi connectivity index (χ3v) is 4.98. The molecule has 0 bridgehead atoms. The summed E-state index contributed by atoms with van der Waals surface area (Å²) >= 11 is 0. The number of fused-ring (bicyclic) bond motifs is 2. The molecule has 30 heavy (non-hydrogen) atoms. The Balaban J connectivity index is 2.02. The van der Waals surface area contributed by atoms with Gasteiger partial charge in [-0.1, -0.05) is 19.8 Å². The summed E-state index contributed by atoms with van der Waals surface area (Å²) in [6.07, 6.45) is 4.43. The van der Waals surface area contributed by atoms with Crippen LogP contribution in [0, 0.1) is 0 Å². The second-order valence-corrected chi connectivity index (χ2v) is 7.35. The molecule has 1 heterocycles. The van der Waals surface area contributed by atoms with Crippen molar-refractivity contribution < 1.29 is 34.4 Å². The Labute approximate surface area is 174 Å². The number of carbonyl (C=O) groups is 2. The highest BCUT2D eigenvalue weighted by molar-refractivity contribution is 6.09. The molecular formula is C23H26O7. The lowest BCUT2D eigenvalue weighted by atomic mass is 9.98. The van der Waals surface area contributed by atoms with E-state index in [1.807, 2.05) is 6.92 Å². The van der Waals surface area contributed by atoms with Gasteiger partial charge in [-0.2, -0.15) is 0 Å². The smallest absolute Gasteiger partial charge is 0.348 e. The van der Waals surface area contributed by atoms with Crippen LogP contribution in [0.1, 0.15) is 71.7 Å². The van der Waals surface area contributed by atoms with E-state index in [1.165, 1.54) is 24.3 Å². The number of Topliss-reactive ketones (excluding diaryl/α,β-unsaturated/α-hetero) is 1. The lowest BCUT2D eigenvalue weighted by molar-refractivity contribution is 0.0731.